The highest BCUT2D eigenvalue weighted by molar-refractivity contribution is 14.1. The molecule has 1 aromatic carbocycles. The zero-order valence-electron chi connectivity index (χ0n) is 15.4. The van der Waals surface area contributed by atoms with Gasteiger partial charge in [-0.3, -0.25) is 4.79 Å². The number of carbonyl (C=O) groups is 1. The number of rotatable bonds is 4. The fourth-order valence-electron chi connectivity index (χ4n) is 4.16. The average Bonchev–Trinajstić information content (AvgIpc) is 2.67. The number of esters is 1. The molecule has 1 atom stereocenters. The van der Waals surface area contributed by atoms with Crippen LogP contribution in [0.1, 0.15) is 55.4 Å². The van der Waals surface area contributed by atoms with Gasteiger partial charge in [-0.15, -0.1) is 0 Å². The first-order valence-corrected chi connectivity index (χ1v) is 10.6. The molecule has 29 heavy (non-hydrogen) atoms. The van der Waals surface area contributed by atoms with E-state index in [-0.39, 0.29) is 31.1 Å². The van der Waals surface area contributed by atoms with Crippen molar-refractivity contribution < 1.29 is 40.6 Å². The van der Waals surface area contributed by atoms with Crippen molar-refractivity contribution in [3.05, 3.63) is 34.9 Å². The third-order valence-corrected chi connectivity index (χ3v) is 7.15. The summed E-state index contributed by atoms with van der Waals surface area (Å²) in [4.78, 5) is 12.8. The second kappa shape index (κ2) is 7.58. The number of ether oxygens (including phenoxy) is 2. The van der Waals surface area contributed by atoms with Crippen molar-refractivity contribution in [2.24, 2.45) is 5.41 Å². The fourth-order valence-corrected chi connectivity index (χ4v) is 5.11. The molecular weight excluding hydrogens is 517 g/mol. The number of carbonyl (C=O) groups excluding carboxylic acids is 1. The van der Waals surface area contributed by atoms with E-state index in [0.29, 0.717) is 29.4 Å². The second-order valence-electron chi connectivity index (χ2n) is 7.53. The maximum atomic E-state index is 13.3. The third kappa shape index (κ3) is 4.11. The summed E-state index contributed by atoms with van der Waals surface area (Å²) >= 11 is 2.09. The summed E-state index contributed by atoms with van der Waals surface area (Å²) < 4.78 is 91.6. The summed E-state index contributed by atoms with van der Waals surface area (Å²) in [5.41, 5.74) is -5.11. The highest BCUT2D eigenvalue weighted by atomic mass is 127. The van der Waals surface area contributed by atoms with Crippen LogP contribution in [0.15, 0.2) is 18.2 Å². The van der Waals surface area contributed by atoms with Crippen LogP contribution >= 0.6 is 22.6 Å². The van der Waals surface area contributed by atoms with Gasteiger partial charge in [0.05, 0.1) is 34.9 Å². The molecule has 4 rings (SSSR count). The minimum absolute atomic E-state index is 0.0567. The molecule has 162 valence electrons. The SMILES string of the molecule is CCOC(=O)C12CCC(CI)(CC1)OC2c1cc(C(F)(F)F)cc(C(F)(F)F)c1. The van der Waals surface area contributed by atoms with E-state index in [2.05, 4.69) is 22.6 Å². The molecule has 3 nitrogen and oxygen atoms in total. The monoisotopic (exact) mass is 536 g/mol. The lowest BCUT2D eigenvalue weighted by molar-refractivity contribution is -0.235. The van der Waals surface area contributed by atoms with Gasteiger partial charge in [0, 0.05) is 4.43 Å². The number of halogens is 7. The van der Waals surface area contributed by atoms with Gasteiger partial charge in [-0.25, -0.2) is 0 Å². The Bertz CT molecular complexity index is 749. The van der Waals surface area contributed by atoms with Crippen LogP contribution in [0.5, 0.6) is 0 Å². The number of benzene rings is 1. The van der Waals surface area contributed by atoms with Crippen LogP contribution in [0.3, 0.4) is 0 Å². The van der Waals surface area contributed by atoms with E-state index in [9.17, 15) is 31.1 Å². The molecule has 1 aromatic rings. The minimum atomic E-state index is -4.97. The number of fused-ring (bicyclic) bond motifs is 3. The Kier molecular flexibility index (Phi) is 5.92. The van der Waals surface area contributed by atoms with E-state index < -0.39 is 46.6 Å². The predicted octanol–water partition coefficient (Wildman–Crippen LogP) is 6.09. The van der Waals surface area contributed by atoms with Crippen LogP contribution in [0, 0.1) is 5.41 Å². The zero-order chi connectivity index (χ0) is 21.7. The Morgan fingerprint density at radius 1 is 1.07 bits per heavy atom. The lowest BCUT2D eigenvalue weighted by atomic mass is 9.61. The van der Waals surface area contributed by atoms with Crippen molar-refractivity contribution in [1.29, 1.82) is 0 Å². The number of alkyl halides is 7. The van der Waals surface area contributed by atoms with Gasteiger partial charge in [0.2, 0.25) is 0 Å². The van der Waals surface area contributed by atoms with E-state index in [1.165, 1.54) is 0 Å². The lowest BCUT2D eigenvalue weighted by Gasteiger charge is -2.55. The molecule has 3 aliphatic rings. The van der Waals surface area contributed by atoms with Crippen LogP contribution in [-0.4, -0.2) is 22.6 Å². The van der Waals surface area contributed by atoms with Gasteiger partial charge in [0.15, 0.2) is 0 Å². The van der Waals surface area contributed by atoms with Crippen molar-refractivity contribution in [1.82, 2.24) is 0 Å². The Hall–Kier alpha value is -1.04. The number of hydrogen-bond acceptors (Lipinski definition) is 3. The predicted molar refractivity (Wildman–Crippen MR) is 99.4 cm³/mol. The molecule has 0 aromatic heterocycles. The average molecular weight is 536 g/mol. The topological polar surface area (TPSA) is 35.5 Å². The van der Waals surface area contributed by atoms with Crippen molar-refractivity contribution in [2.45, 2.75) is 56.7 Å². The highest BCUT2D eigenvalue weighted by Gasteiger charge is 2.60. The number of hydrogen-bond donors (Lipinski definition) is 0. The van der Waals surface area contributed by atoms with Gasteiger partial charge in [-0.1, -0.05) is 22.6 Å². The van der Waals surface area contributed by atoms with Crippen LogP contribution < -0.4 is 0 Å². The molecular formula is C19H19F6IO3. The normalized spacial score (nSPS) is 29.7. The molecule has 2 saturated heterocycles. The first kappa shape index (κ1) is 22.6. The van der Waals surface area contributed by atoms with Crippen molar-refractivity contribution in [2.75, 3.05) is 11.0 Å². The maximum Gasteiger partial charge on any atom is 0.416 e. The molecule has 0 radical (unpaired) electrons. The van der Waals surface area contributed by atoms with Crippen molar-refractivity contribution in [3.8, 4) is 0 Å². The van der Waals surface area contributed by atoms with E-state index in [1.807, 2.05) is 0 Å². The van der Waals surface area contributed by atoms with Gasteiger partial charge >= 0.3 is 18.3 Å². The lowest BCUT2D eigenvalue weighted by Crippen LogP contribution is -2.57. The fraction of sp³-hybridized carbons (Fsp3) is 0.632. The smallest absolute Gasteiger partial charge is 0.416 e. The zero-order valence-corrected chi connectivity index (χ0v) is 17.6. The Morgan fingerprint density at radius 3 is 2.00 bits per heavy atom. The van der Waals surface area contributed by atoms with Crippen molar-refractivity contribution in [3.63, 3.8) is 0 Å². The van der Waals surface area contributed by atoms with Gasteiger partial charge in [0.1, 0.15) is 0 Å². The van der Waals surface area contributed by atoms with E-state index in [0.717, 1.165) is 0 Å². The standard InChI is InChI=1S/C19H19F6IO3/c1-2-28-15(27)17-5-3-16(10-26,4-6-17)29-14(17)11-7-12(18(20,21)22)9-13(8-11)19(23,24)25/h7-9,14H,2-6,10H2,1H3. The molecule has 1 saturated carbocycles. The highest BCUT2D eigenvalue weighted by Crippen LogP contribution is 2.60. The summed E-state index contributed by atoms with van der Waals surface area (Å²) in [5.74, 6) is -0.641. The summed E-state index contributed by atoms with van der Waals surface area (Å²) in [6.45, 7) is 1.65. The Morgan fingerprint density at radius 2 is 1.59 bits per heavy atom. The minimum Gasteiger partial charge on any atom is -0.465 e. The maximum absolute atomic E-state index is 13.3. The largest absolute Gasteiger partial charge is 0.465 e. The molecule has 0 N–H and O–H groups in total. The molecule has 2 bridgehead atoms. The van der Waals surface area contributed by atoms with E-state index >= 15 is 0 Å². The Balaban J connectivity index is 2.16. The van der Waals surface area contributed by atoms with Crippen LogP contribution in [0.2, 0.25) is 0 Å². The van der Waals surface area contributed by atoms with Gasteiger partial charge < -0.3 is 9.47 Å². The quantitative estimate of drug-likeness (QED) is 0.202. The summed E-state index contributed by atoms with van der Waals surface area (Å²) in [6, 6.07) is 1.39. The molecule has 10 heteroatoms. The van der Waals surface area contributed by atoms with Crippen LogP contribution in [0.25, 0.3) is 0 Å². The molecule has 3 fully saturated rings. The van der Waals surface area contributed by atoms with Crippen molar-refractivity contribution >= 4 is 28.6 Å². The summed E-state index contributed by atoms with van der Waals surface area (Å²) in [6.07, 6.45) is -9.60. The van der Waals surface area contributed by atoms with Gasteiger partial charge in [0.25, 0.3) is 0 Å². The second-order valence-corrected chi connectivity index (χ2v) is 8.29. The molecule has 0 spiro atoms. The molecule has 0 amide bonds. The van der Waals surface area contributed by atoms with Gasteiger partial charge in [-0.2, -0.15) is 26.3 Å². The molecule has 1 aliphatic carbocycles. The third-order valence-electron chi connectivity index (χ3n) is 5.76. The first-order valence-electron chi connectivity index (χ1n) is 9.07. The van der Waals surface area contributed by atoms with Gasteiger partial charge in [-0.05, 0) is 56.4 Å². The molecule has 1 unspecified atom stereocenters. The van der Waals surface area contributed by atoms with E-state index in [4.69, 9.17) is 9.47 Å². The summed E-state index contributed by atoms with van der Waals surface area (Å²) in [7, 11) is 0. The first-order chi connectivity index (χ1) is 13.4. The van der Waals surface area contributed by atoms with Crippen LogP contribution in [-0.2, 0) is 26.6 Å². The Labute approximate surface area is 177 Å². The molecule has 2 aliphatic heterocycles. The summed E-state index contributed by atoms with van der Waals surface area (Å²) in [5, 5.41) is 0. The molecule has 2 heterocycles. The van der Waals surface area contributed by atoms with E-state index in [1.54, 1.807) is 6.92 Å². The van der Waals surface area contributed by atoms with Crippen LogP contribution in [0.4, 0.5) is 26.3 Å².